The van der Waals surface area contributed by atoms with Crippen LogP contribution in [0.15, 0.2) is 0 Å². The molecule has 7 heteroatoms. The van der Waals surface area contributed by atoms with Crippen LogP contribution in [-0.4, -0.2) is 82.4 Å². The summed E-state index contributed by atoms with van der Waals surface area (Å²) in [5.41, 5.74) is -0.0747. The summed E-state index contributed by atoms with van der Waals surface area (Å²) in [4.78, 5) is 4.57. The largest absolute Gasteiger partial charge is 0.303 e. The number of nitrogens with one attached hydrogen (secondary N) is 1. The van der Waals surface area contributed by atoms with Gasteiger partial charge in [-0.2, -0.15) is 12.7 Å². The van der Waals surface area contributed by atoms with Crippen LogP contribution in [0.1, 0.15) is 19.8 Å². The number of hydrogen-bond acceptors (Lipinski definition) is 4. The van der Waals surface area contributed by atoms with E-state index in [1.165, 1.54) is 4.31 Å². The Kier molecular flexibility index (Phi) is 5.76. The van der Waals surface area contributed by atoms with E-state index in [1.54, 1.807) is 14.1 Å². The van der Waals surface area contributed by atoms with Crippen molar-refractivity contribution in [3.05, 3.63) is 0 Å². The molecule has 1 fully saturated rings. The van der Waals surface area contributed by atoms with Crippen LogP contribution in [0.5, 0.6) is 0 Å². The maximum Gasteiger partial charge on any atom is 0.278 e. The molecule has 1 saturated heterocycles. The maximum atomic E-state index is 11.8. The van der Waals surface area contributed by atoms with Gasteiger partial charge in [0.2, 0.25) is 0 Å². The fraction of sp³-hybridized carbons (Fsp3) is 1.00. The Morgan fingerprint density at radius 3 is 2.05 bits per heavy atom. The van der Waals surface area contributed by atoms with Crippen LogP contribution >= 0.6 is 0 Å². The fourth-order valence-corrected chi connectivity index (χ4v) is 3.13. The second-order valence-corrected chi connectivity index (χ2v) is 7.63. The highest BCUT2D eigenvalue weighted by molar-refractivity contribution is 7.87. The molecule has 1 aliphatic heterocycles. The molecule has 1 aliphatic rings. The number of likely N-dealkylation sites (N-methyl/N-ethyl adjacent to an activating group) is 1. The zero-order valence-corrected chi connectivity index (χ0v) is 13.6. The Bertz CT molecular complexity index is 373. The number of hydrogen-bond donors (Lipinski definition) is 1. The van der Waals surface area contributed by atoms with Crippen molar-refractivity contribution in [2.24, 2.45) is 0 Å². The third kappa shape index (κ3) is 4.13. The van der Waals surface area contributed by atoms with E-state index in [2.05, 4.69) is 21.4 Å². The molecule has 1 rings (SSSR count). The van der Waals surface area contributed by atoms with Gasteiger partial charge < -0.3 is 9.80 Å². The summed E-state index contributed by atoms with van der Waals surface area (Å²) in [6, 6.07) is 0. The quantitative estimate of drug-likeness (QED) is 0.736. The van der Waals surface area contributed by atoms with Crippen LogP contribution in [0.4, 0.5) is 0 Å². The lowest BCUT2D eigenvalue weighted by Gasteiger charge is -2.46. The topological polar surface area (TPSA) is 55.9 Å². The summed E-state index contributed by atoms with van der Waals surface area (Å²) in [6.45, 7) is 5.75. The minimum absolute atomic E-state index is 0.0747. The molecule has 0 aromatic heterocycles. The predicted molar refractivity (Wildman–Crippen MR) is 78.4 cm³/mol. The summed E-state index contributed by atoms with van der Waals surface area (Å²) in [6.07, 6.45) is 1.98. The van der Waals surface area contributed by atoms with Crippen molar-refractivity contribution in [1.29, 1.82) is 0 Å². The van der Waals surface area contributed by atoms with Gasteiger partial charge in [0, 0.05) is 26.2 Å². The second kappa shape index (κ2) is 6.49. The normalized spacial score (nSPS) is 21.2. The standard InChI is InChI=1S/C12H28N4O2S/c1-6-16-9-7-12(8-10-16,14(2)3)11-13-19(17,18)15(4)5/h13H,6-11H2,1-5H3. The van der Waals surface area contributed by atoms with Crippen molar-refractivity contribution in [1.82, 2.24) is 18.8 Å². The van der Waals surface area contributed by atoms with Gasteiger partial charge in [0.05, 0.1) is 0 Å². The predicted octanol–water partition coefficient (Wildman–Crippen LogP) is -0.201. The molecule has 0 amide bonds. The van der Waals surface area contributed by atoms with E-state index in [-0.39, 0.29) is 5.54 Å². The van der Waals surface area contributed by atoms with Crippen molar-refractivity contribution < 1.29 is 8.42 Å². The summed E-state index contributed by atoms with van der Waals surface area (Å²) in [5.74, 6) is 0. The molecule has 114 valence electrons. The molecule has 6 nitrogen and oxygen atoms in total. The van der Waals surface area contributed by atoms with Gasteiger partial charge in [-0.3, -0.25) is 0 Å². The third-order valence-corrected chi connectivity index (χ3v) is 5.72. The van der Waals surface area contributed by atoms with Gasteiger partial charge in [-0.05, 0) is 46.6 Å². The summed E-state index contributed by atoms with van der Waals surface area (Å²) in [5, 5.41) is 0. The van der Waals surface area contributed by atoms with E-state index < -0.39 is 10.2 Å². The molecular formula is C12H28N4O2S. The van der Waals surface area contributed by atoms with Crippen molar-refractivity contribution in [3.8, 4) is 0 Å². The Hall–Kier alpha value is -0.210. The highest BCUT2D eigenvalue weighted by atomic mass is 32.2. The molecule has 0 saturated carbocycles. The molecule has 0 aromatic rings. The van der Waals surface area contributed by atoms with Gasteiger partial charge in [-0.15, -0.1) is 0 Å². The monoisotopic (exact) mass is 292 g/mol. The van der Waals surface area contributed by atoms with Gasteiger partial charge >= 0.3 is 0 Å². The molecule has 0 spiro atoms. The second-order valence-electron chi connectivity index (χ2n) is 5.66. The van der Waals surface area contributed by atoms with Crippen LogP contribution in [0.3, 0.4) is 0 Å². The molecular weight excluding hydrogens is 264 g/mol. The Morgan fingerprint density at radius 2 is 1.68 bits per heavy atom. The minimum Gasteiger partial charge on any atom is -0.303 e. The van der Waals surface area contributed by atoms with Crippen LogP contribution in [-0.2, 0) is 10.2 Å². The van der Waals surface area contributed by atoms with Gasteiger partial charge in [0.15, 0.2) is 0 Å². The zero-order chi connectivity index (χ0) is 14.7. The Balaban J connectivity index is 2.70. The van der Waals surface area contributed by atoms with E-state index in [1.807, 2.05) is 14.1 Å². The van der Waals surface area contributed by atoms with Gasteiger partial charge in [-0.1, -0.05) is 6.92 Å². The SMILES string of the molecule is CCN1CCC(CNS(=O)(=O)N(C)C)(N(C)C)CC1. The number of nitrogens with zero attached hydrogens (tertiary/aromatic N) is 3. The van der Waals surface area contributed by atoms with Crippen molar-refractivity contribution in [3.63, 3.8) is 0 Å². The van der Waals surface area contributed by atoms with Gasteiger partial charge in [0.1, 0.15) is 0 Å². The van der Waals surface area contributed by atoms with Crippen LogP contribution in [0.2, 0.25) is 0 Å². The molecule has 0 bridgehead atoms. The third-order valence-electron chi connectivity index (χ3n) is 4.25. The first kappa shape index (κ1) is 16.8. The van der Waals surface area contributed by atoms with E-state index >= 15 is 0 Å². The lowest BCUT2D eigenvalue weighted by atomic mass is 9.86. The van der Waals surface area contributed by atoms with E-state index in [4.69, 9.17) is 0 Å². The van der Waals surface area contributed by atoms with E-state index in [0.717, 1.165) is 32.5 Å². The molecule has 1 heterocycles. The van der Waals surface area contributed by atoms with Gasteiger partial charge in [0.25, 0.3) is 10.2 Å². The molecule has 1 N–H and O–H groups in total. The first-order chi connectivity index (χ1) is 8.73. The Morgan fingerprint density at radius 1 is 1.16 bits per heavy atom. The molecule has 0 unspecified atom stereocenters. The fourth-order valence-electron chi connectivity index (χ4n) is 2.42. The van der Waals surface area contributed by atoms with Crippen LogP contribution in [0, 0.1) is 0 Å². The smallest absolute Gasteiger partial charge is 0.278 e. The molecule has 0 aliphatic carbocycles. The van der Waals surface area contributed by atoms with Crippen molar-refractivity contribution >= 4 is 10.2 Å². The molecule has 0 aromatic carbocycles. The number of piperidine rings is 1. The molecule has 0 atom stereocenters. The number of likely N-dealkylation sites (tertiary alicyclic amines) is 1. The summed E-state index contributed by atoms with van der Waals surface area (Å²) >= 11 is 0. The van der Waals surface area contributed by atoms with E-state index in [9.17, 15) is 8.42 Å². The van der Waals surface area contributed by atoms with Gasteiger partial charge in [-0.25, -0.2) is 4.72 Å². The zero-order valence-electron chi connectivity index (χ0n) is 12.8. The lowest BCUT2D eigenvalue weighted by Crippen LogP contribution is -2.59. The molecule has 0 radical (unpaired) electrons. The summed E-state index contributed by atoms with van der Waals surface area (Å²) < 4.78 is 27.6. The lowest BCUT2D eigenvalue weighted by molar-refractivity contribution is 0.0621. The average Bonchev–Trinajstić information content (AvgIpc) is 2.36. The highest BCUT2D eigenvalue weighted by Crippen LogP contribution is 2.26. The van der Waals surface area contributed by atoms with Crippen molar-refractivity contribution in [2.75, 3.05) is 54.4 Å². The number of rotatable bonds is 6. The van der Waals surface area contributed by atoms with Crippen molar-refractivity contribution in [2.45, 2.75) is 25.3 Å². The summed E-state index contributed by atoms with van der Waals surface area (Å²) in [7, 11) is 3.81. The first-order valence-electron chi connectivity index (χ1n) is 6.80. The molecule has 19 heavy (non-hydrogen) atoms. The van der Waals surface area contributed by atoms with E-state index in [0.29, 0.717) is 6.54 Å². The van der Waals surface area contributed by atoms with Crippen LogP contribution in [0.25, 0.3) is 0 Å². The Labute approximate surface area is 117 Å². The maximum absolute atomic E-state index is 11.8. The van der Waals surface area contributed by atoms with Crippen LogP contribution < -0.4 is 4.72 Å². The minimum atomic E-state index is -3.35. The highest BCUT2D eigenvalue weighted by Gasteiger charge is 2.37. The average molecular weight is 292 g/mol. The first-order valence-corrected chi connectivity index (χ1v) is 8.24.